The lowest BCUT2D eigenvalue weighted by Gasteiger charge is -2.16. The first-order valence-electron chi connectivity index (χ1n) is 7.89. The zero-order valence-electron chi connectivity index (χ0n) is 13.6. The number of aliphatic hydroxyl groups excluding tert-OH is 2. The molecule has 0 spiro atoms. The molecule has 0 saturated carbocycles. The van der Waals surface area contributed by atoms with Crippen molar-refractivity contribution >= 4 is 34.7 Å². The Hall–Kier alpha value is -1.99. The number of rotatable bonds is 7. The van der Waals surface area contributed by atoms with E-state index in [1.807, 2.05) is 0 Å². The third-order valence-corrected chi connectivity index (χ3v) is 5.25. The molecule has 1 saturated heterocycles. The number of fused-ring (bicyclic) bond motifs is 1. The second kappa shape index (κ2) is 7.72. The van der Waals surface area contributed by atoms with Gasteiger partial charge in [0.05, 0.1) is 12.4 Å². The lowest BCUT2D eigenvalue weighted by molar-refractivity contribution is -0.144. The lowest BCUT2D eigenvalue weighted by Crippen LogP contribution is -2.33. The summed E-state index contributed by atoms with van der Waals surface area (Å²) in [6, 6.07) is -1.03. The van der Waals surface area contributed by atoms with Gasteiger partial charge in [0.2, 0.25) is 0 Å². The Labute approximate surface area is 152 Å². The number of carbonyl (C=O) groups excluding carboxylic acids is 1. The fourth-order valence-electron chi connectivity index (χ4n) is 2.68. The van der Waals surface area contributed by atoms with Gasteiger partial charge in [-0.2, -0.15) is 11.8 Å². The van der Waals surface area contributed by atoms with Crippen LogP contribution in [0, 0.1) is 0 Å². The number of ether oxygens (including phenoxy) is 1. The summed E-state index contributed by atoms with van der Waals surface area (Å²) >= 11 is 1.37. The van der Waals surface area contributed by atoms with Crippen LogP contribution in [0.15, 0.2) is 12.7 Å². The fraction of sp³-hybridized carbons (Fsp3) is 0.571. The Bertz CT molecular complexity index is 788. The Morgan fingerprint density at radius 1 is 1.35 bits per heavy atom. The normalized spacial score (nSPS) is 27.0. The Kier molecular flexibility index (Phi) is 5.58. The number of hydrogen-bond acceptors (Lipinski definition) is 10. The zero-order chi connectivity index (χ0) is 18.8. The lowest BCUT2D eigenvalue weighted by atomic mass is 10.1. The number of aliphatic hydroxyl groups is 2. The Morgan fingerprint density at radius 2 is 2.12 bits per heavy atom. The summed E-state index contributed by atoms with van der Waals surface area (Å²) in [5, 5.41) is 31.2. The van der Waals surface area contributed by atoms with Crippen LogP contribution in [0.5, 0.6) is 0 Å². The van der Waals surface area contributed by atoms with Gasteiger partial charge in [-0.15, -0.1) is 0 Å². The standard InChI is InChI=1S/C14H19N6O5S/c15-6(14(23)24)1-2-26-3-7-9(21)10(22)13(25-7)20-5-19-8-11(16)17-4-18-12(8)20/h4-7,9-10,13,21-22H,1-3,15H2,(H2,16,17,18)/t6?,7-,9-,10-,13-/m1/s1. The summed E-state index contributed by atoms with van der Waals surface area (Å²) in [6.07, 6.45) is -0.870. The number of aromatic nitrogens is 4. The van der Waals surface area contributed by atoms with E-state index in [-0.39, 0.29) is 12.2 Å². The topological polar surface area (TPSA) is 182 Å². The largest absolute Gasteiger partial charge is 0.387 e. The van der Waals surface area contributed by atoms with Crippen LogP contribution in [-0.2, 0) is 14.6 Å². The minimum Gasteiger partial charge on any atom is -0.387 e. The van der Waals surface area contributed by atoms with Gasteiger partial charge in [0.25, 0.3) is 0 Å². The van der Waals surface area contributed by atoms with Crippen LogP contribution >= 0.6 is 11.8 Å². The molecule has 6 N–H and O–H groups in total. The first kappa shape index (κ1) is 18.8. The van der Waals surface area contributed by atoms with Crippen molar-refractivity contribution in [1.82, 2.24) is 19.5 Å². The summed E-state index contributed by atoms with van der Waals surface area (Å²) in [5.41, 5.74) is 11.9. The molecule has 12 heteroatoms. The maximum atomic E-state index is 10.6. The van der Waals surface area contributed by atoms with Gasteiger partial charge in [-0.05, 0) is 12.2 Å². The molecule has 1 radical (unpaired) electrons. The average Bonchev–Trinajstić information content (AvgIpc) is 3.15. The van der Waals surface area contributed by atoms with Gasteiger partial charge in [-0.1, -0.05) is 0 Å². The number of imidazole rings is 1. The zero-order valence-corrected chi connectivity index (χ0v) is 14.5. The molecule has 1 unspecified atom stereocenters. The van der Waals surface area contributed by atoms with Gasteiger partial charge >= 0.3 is 5.97 Å². The first-order chi connectivity index (χ1) is 12.4. The highest BCUT2D eigenvalue weighted by Gasteiger charge is 2.44. The number of carbonyl (C=O) groups is 1. The number of nitrogen functional groups attached to an aromatic ring is 1. The van der Waals surface area contributed by atoms with Crippen LogP contribution in [0.1, 0.15) is 12.6 Å². The van der Waals surface area contributed by atoms with Crippen LogP contribution in [0.3, 0.4) is 0 Å². The van der Waals surface area contributed by atoms with Crippen molar-refractivity contribution in [3.05, 3.63) is 12.7 Å². The van der Waals surface area contributed by atoms with E-state index in [0.29, 0.717) is 22.7 Å². The molecule has 5 atom stereocenters. The first-order valence-corrected chi connectivity index (χ1v) is 9.04. The number of anilines is 1. The molecule has 141 valence electrons. The summed E-state index contributed by atoms with van der Waals surface area (Å²) in [4.78, 5) is 22.6. The molecule has 1 fully saturated rings. The SMILES string of the molecule is Nc1ncnc2c1ncn2[C@@H]1O[C@H](CSCCC(N)C([O])=O)[C@@H](O)[C@H]1O. The maximum Gasteiger partial charge on any atom is 0.372 e. The van der Waals surface area contributed by atoms with Gasteiger partial charge in [0.15, 0.2) is 17.7 Å². The monoisotopic (exact) mass is 383 g/mol. The van der Waals surface area contributed by atoms with Crippen molar-refractivity contribution in [3.63, 3.8) is 0 Å². The van der Waals surface area contributed by atoms with Crippen LogP contribution in [0.4, 0.5) is 5.82 Å². The van der Waals surface area contributed by atoms with Gasteiger partial charge < -0.3 is 26.4 Å². The quantitative estimate of drug-likeness (QED) is 0.408. The minimum absolute atomic E-state index is 0.207. The molecular weight excluding hydrogens is 364 g/mol. The molecule has 2 aromatic rings. The smallest absolute Gasteiger partial charge is 0.372 e. The highest BCUT2D eigenvalue weighted by molar-refractivity contribution is 7.99. The van der Waals surface area contributed by atoms with E-state index in [1.54, 1.807) is 0 Å². The molecule has 26 heavy (non-hydrogen) atoms. The van der Waals surface area contributed by atoms with E-state index in [9.17, 15) is 20.1 Å². The maximum absolute atomic E-state index is 10.6. The molecule has 0 amide bonds. The third-order valence-electron chi connectivity index (χ3n) is 4.16. The fourth-order valence-corrected chi connectivity index (χ4v) is 3.78. The van der Waals surface area contributed by atoms with Gasteiger partial charge in [-0.25, -0.2) is 24.9 Å². The van der Waals surface area contributed by atoms with Crippen molar-refractivity contribution in [2.75, 3.05) is 17.2 Å². The summed E-state index contributed by atoms with van der Waals surface area (Å²) in [6.45, 7) is 0. The number of thioether (sulfide) groups is 1. The molecular formula is C14H19N6O5S. The van der Waals surface area contributed by atoms with Crippen molar-refractivity contribution in [1.29, 1.82) is 0 Å². The highest BCUT2D eigenvalue weighted by Crippen LogP contribution is 2.33. The third kappa shape index (κ3) is 3.59. The van der Waals surface area contributed by atoms with E-state index in [0.717, 1.165) is 0 Å². The molecule has 1 aliphatic rings. The molecule has 3 heterocycles. The van der Waals surface area contributed by atoms with Crippen molar-refractivity contribution in [2.24, 2.45) is 5.73 Å². The second-order valence-electron chi connectivity index (χ2n) is 5.92. The van der Waals surface area contributed by atoms with Crippen LogP contribution < -0.4 is 11.5 Å². The molecule has 1 aliphatic heterocycles. The van der Waals surface area contributed by atoms with Crippen molar-refractivity contribution in [2.45, 2.75) is 37.0 Å². The van der Waals surface area contributed by atoms with E-state index in [2.05, 4.69) is 15.0 Å². The van der Waals surface area contributed by atoms with Crippen LogP contribution in [0.2, 0.25) is 0 Å². The molecule has 3 rings (SSSR count). The Morgan fingerprint density at radius 3 is 2.85 bits per heavy atom. The summed E-state index contributed by atoms with van der Waals surface area (Å²) in [7, 11) is 0. The van der Waals surface area contributed by atoms with Crippen LogP contribution in [0.25, 0.3) is 11.2 Å². The molecule has 0 aliphatic carbocycles. The van der Waals surface area contributed by atoms with E-state index < -0.39 is 36.6 Å². The molecule has 11 nitrogen and oxygen atoms in total. The van der Waals surface area contributed by atoms with E-state index in [4.69, 9.17) is 16.2 Å². The molecule has 2 aromatic heterocycles. The average molecular weight is 383 g/mol. The molecule has 0 bridgehead atoms. The van der Waals surface area contributed by atoms with Gasteiger partial charge in [-0.3, -0.25) is 4.57 Å². The summed E-state index contributed by atoms with van der Waals surface area (Å²) < 4.78 is 7.27. The predicted octanol–water partition coefficient (Wildman–Crippen LogP) is -1.56. The van der Waals surface area contributed by atoms with Gasteiger partial charge in [0, 0.05) is 5.75 Å². The molecule has 0 aromatic carbocycles. The number of nitrogens with zero attached hydrogens (tertiary/aromatic N) is 4. The van der Waals surface area contributed by atoms with E-state index >= 15 is 0 Å². The predicted molar refractivity (Wildman–Crippen MR) is 91.3 cm³/mol. The van der Waals surface area contributed by atoms with E-state index in [1.165, 1.54) is 29.0 Å². The minimum atomic E-state index is -1.30. The van der Waals surface area contributed by atoms with Crippen molar-refractivity contribution in [3.8, 4) is 0 Å². The summed E-state index contributed by atoms with van der Waals surface area (Å²) in [5.74, 6) is -0.275. The van der Waals surface area contributed by atoms with Gasteiger partial charge in [0.1, 0.15) is 30.1 Å². The highest BCUT2D eigenvalue weighted by atomic mass is 32.2. The Balaban J connectivity index is 1.64. The van der Waals surface area contributed by atoms with Crippen molar-refractivity contribution < 1.29 is 24.9 Å². The number of nitrogens with two attached hydrogens (primary N) is 2. The second-order valence-corrected chi connectivity index (χ2v) is 7.07. The van der Waals surface area contributed by atoms with Crippen LogP contribution in [-0.4, -0.2) is 71.6 Å². The number of hydrogen-bond donors (Lipinski definition) is 4.